The van der Waals surface area contributed by atoms with E-state index in [1.807, 2.05) is 18.2 Å². The first-order valence-electron chi connectivity index (χ1n) is 8.07. The van der Waals surface area contributed by atoms with E-state index in [-0.39, 0.29) is 6.54 Å². The molecule has 6 heteroatoms. The van der Waals surface area contributed by atoms with Crippen molar-refractivity contribution in [2.75, 3.05) is 6.61 Å². The van der Waals surface area contributed by atoms with E-state index in [2.05, 4.69) is 11.9 Å². The number of ether oxygens (including phenoxy) is 2. The van der Waals surface area contributed by atoms with Crippen LogP contribution in [0.5, 0.6) is 5.75 Å². The van der Waals surface area contributed by atoms with Crippen molar-refractivity contribution < 1.29 is 19.1 Å². The Bertz CT molecular complexity index is 774. The molecule has 2 aromatic carbocycles. The van der Waals surface area contributed by atoms with Gasteiger partial charge < -0.3 is 14.8 Å². The minimum atomic E-state index is -0.929. The molecule has 1 atom stereocenters. The summed E-state index contributed by atoms with van der Waals surface area (Å²) >= 11 is 6.04. The normalized spacial score (nSPS) is 11.3. The van der Waals surface area contributed by atoms with Crippen LogP contribution in [0.2, 0.25) is 5.02 Å². The zero-order valence-electron chi connectivity index (χ0n) is 14.4. The average Bonchev–Trinajstić information content (AvgIpc) is 2.65. The Labute approximate surface area is 157 Å². The van der Waals surface area contributed by atoms with Gasteiger partial charge in [0.05, 0.1) is 5.56 Å². The number of nitrogens with one attached hydrogen (secondary N) is 1. The molecular formula is C20H20ClNO4. The number of carbonyl (C=O) groups is 2. The van der Waals surface area contributed by atoms with Crippen molar-refractivity contribution in [1.29, 1.82) is 0 Å². The molecule has 0 spiro atoms. The molecule has 0 bridgehead atoms. The second kappa shape index (κ2) is 9.63. The van der Waals surface area contributed by atoms with E-state index in [0.29, 0.717) is 22.9 Å². The Morgan fingerprint density at radius 2 is 1.88 bits per heavy atom. The zero-order valence-corrected chi connectivity index (χ0v) is 15.2. The molecular weight excluding hydrogens is 354 g/mol. The number of benzene rings is 2. The fourth-order valence-electron chi connectivity index (χ4n) is 2.09. The predicted octanol–water partition coefficient (Wildman–Crippen LogP) is 3.77. The lowest BCUT2D eigenvalue weighted by atomic mass is 10.2. The molecule has 0 aliphatic carbocycles. The molecule has 1 unspecified atom stereocenters. The first-order chi connectivity index (χ1) is 12.5. The minimum absolute atomic E-state index is 0.260. The van der Waals surface area contributed by atoms with Crippen molar-refractivity contribution in [2.45, 2.75) is 19.6 Å². The number of rotatable bonds is 8. The van der Waals surface area contributed by atoms with Gasteiger partial charge in [-0.05, 0) is 42.8 Å². The Balaban J connectivity index is 1.86. The summed E-state index contributed by atoms with van der Waals surface area (Å²) in [5.74, 6) is -0.364. The third-order valence-corrected chi connectivity index (χ3v) is 3.89. The Kier molecular flexibility index (Phi) is 7.24. The summed E-state index contributed by atoms with van der Waals surface area (Å²) in [5, 5.41) is 3.26. The van der Waals surface area contributed by atoms with Gasteiger partial charge in [0, 0.05) is 11.6 Å². The highest BCUT2D eigenvalue weighted by molar-refractivity contribution is 6.31. The molecule has 0 aliphatic heterocycles. The first kappa shape index (κ1) is 19.5. The van der Waals surface area contributed by atoms with Gasteiger partial charge >= 0.3 is 5.97 Å². The van der Waals surface area contributed by atoms with E-state index >= 15 is 0 Å². The van der Waals surface area contributed by atoms with Gasteiger partial charge in [-0.25, -0.2) is 4.79 Å². The SMILES string of the molecule is C=CCOc1ccc(C(=O)OC(C)C(=O)NCc2ccccc2Cl)cc1. The number of hydrogen-bond donors (Lipinski definition) is 1. The topological polar surface area (TPSA) is 64.6 Å². The van der Waals surface area contributed by atoms with Crippen molar-refractivity contribution in [3.05, 3.63) is 77.3 Å². The lowest BCUT2D eigenvalue weighted by Crippen LogP contribution is -2.35. The molecule has 0 heterocycles. The minimum Gasteiger partial charge on any atom is -0.490 e. The quantitative estimate of drug-likeness (QED) is 0.565. The second-order valence-electron chi connectivity index (χ2n) is 5.48. The van der Waals surface area contributed by atoms with Gasteiger partial charge in [0.25, 0.3) is 5.91 Å². The molecule has 0 fully saturated rings. The lowest BCUT2D eigenvalue weighted by Gasteiger charge is -2.14. The second-order valence-corrected chi connectivity index (χ2v) is 5.89. The lowest BCUT2D eigenvalue weighted by molar-refractivity contribution is -0.129. The summed E-state index contributed by atoms with van der Waals surface area (Å²) in [7, 11) is 0. The summed E-state index contributed by atoms with van der Waals surface area (Å²) in [6, 6.07) is 13.7. The van der Waals surface area contributed by atoms with Crippen molar-refractivity contribution in [3.8, 4) is 5.75 Å². The van der Waals surface area contributed by atoms with Gasteiger partial charge in [0.2, 0.25) is 0 Å². The van der Waals surface area contributed by atoms with Crippen molar-refractivity contribution >= 4 is 23.5 Å². The van der Waals surface area contributed by atoms with E-state index < -0.39 is 18.0 Å². The van der Waals surface area contributed by atoms with Crippen LogP contribution >= 0.6 is 11.6 Å². The highest BCUT2D eigenvalue weighted by Crippen LogP contribution is 2.15. The number of halogens is 1. The highest BCUT2D eigenvalue weighted by Gasteiger charge is 2.19. The smallest absolute Gasteiger partial charge is 0.338 e. The maximum atomic E-state index is 12.1. The maximum Gasteiger partial charge on any atom is 0.338 e. The predicted molar refractivity (Wildman–Crippen MR) is 100 cm³/mol. The molecule has 26 heavy (non-hydrogen) atoms. The van der Waals surface area contributed by atoms with Crippen LogP contribution in [0.1, 0.15) is 22.8 Å². The summed E-state index contributed by atoms with van der Waals surface area (Å²) in [5.41, 5.74) is 1.12. The van der Waals surface area contributed by atoms with Crippen LogP contribution in [-0.2, 0) is 16.1 Å². The first-order valence-corrected chi connectivity index (χ1v) is 8.45. The molecule has 0 saturated heterocycles. The molecule has 0 radical (unpaired) electrons. The van der Waals surface area contributed by atoms with E-state index in [1.54, 1.807) is 36.4 Å². The van der Waals surface area contributed by atoms with Crippen LogP contribution in [0.4, 0.5) is 0 Å². The molecule has 1 N–H and O–H groups in total. The van der Waals surface area contributed by atoms with Crippen LogP contribution < -0.4 is 10.1 Å². The van der Waals surface area contributed by atoms with Crippen LogP contribution in [-0.4, -0.2) is 24.6 Å². The van der Waals surface area contributed by atoms with Crippen LogP contribution in [0.25, 0.3) is 0 Å². The Hall–Kier alpha value is -2.79. The molecule has 2 aromatic rings. The maximum absolute atomic E-state index is 12.1. The van der Waals surface area contributed by atoms with Crippen molar-refractivity contribution in [2.24, 2.45) is 0 Å². The molecule has 1 amide bonds. The van der Waals surface area contributed by atoms with Crippen molar-refractivity contribution in [3.63, 3.8) is 0 Å². The Morgan fingerprint density at radius 1 is 1.19 bits per heavy atom. The molecule has 0 aliphatic rings. The standard InChI is InChI=1S/C20H20ClNO4/c1-3-12-25-17-10-8-15(9-11-17)20(24)26-14(2)19(23)22-13-16-6-4-5-7-18(16)21/h3-11,14H,1,12-13H2,2H3,(H,22,23). The van der Waals surface area contributed by atoms with Crippen LogP contribution in [0, 0.1) is 0 Å². The number of amides is 1. The van der Waals surface area contributed by atoms with E-state index in [4.69, 9.17) is 21.1 Å². The third-order valence-electron chi connectivity index (χ3n) is 3.52. The molecule has 5 nitrogen and oxygen atoms in total. The summed E-state index contributed by atoms with van der Waals surface area (Å²) in [6.45, 7) is 5.72. The number of carbonyl (C=O) groups excluding carboxylic acids is 2. The average molecular weight is 374 g/mol. The van der Waals surface area contributed by atoms with Gasteiger partial charge in [-0.15, -0.1) is 0 Å². The van der Waals surface area contributed by atoms with E-state index in [9.17, 15) is 9.59 Å². The largest absolute Gasteiger partial charge is 0.490 e. The van der Waals surface area contributed by atoms with Gasteiger partial charge in [0.15, 0.2) is 6.10 Å². The molecule has 136 valence electrons. The van der Waals surface area contributed by atoms with Gasteiger partial charge in [-0.1, -0.05) is 42.5 Å². The van der Waals surface area contributed by atoms with Gasteiger partial charge in [-0.2, -0.15) is 0 Å². The van der Waals surface area contributed by atoms with E-state index in [0.717, 1.165) is 5.56 Å². The van der Waals surface area contributed by atoms with Crippen molar-refractivity contribution in [1.82, 2.24) is 5.32 Å². The van der Waals surface area contributed by atoms with Crippen LogP contribution in [0.15, 0.2) is 61.2 Å². The monoisotopic (exact) mass is 373 g/mol. The summed E-state index contributed by atoms with van der Waals surface area (Å²) < 4.78 is 10.5. The Morgan fingerprint density at radius 3 is 2.54 bits per heavy atom. The fourth-order valence-corrected chi connectivity index (χ4v) is 2.29. The molecule has 0 saturated carbocycles. The zero-order chi connectivity index (χ0) is 18.9. The highest BCUT2D eigenvalue weighted by atomic mass is 35.5. The van der Waals surface area contributed by atoms with E-state index in [1.165, 1.54) is 6.92 Å². The molecule has 2 rings (SSSR count). The third kappa shape index (κ3) is 5.63. The van der Waals surface area contributed by atoms with Gasteiger partial charge in [0.1, 0.15) is 12.4 Å². The molecule has 0 aromatic heterocycles. The number of esters is 1. The van der Waals surface area contributed by atoms with Crippen LogP contribution in [0.3, 0.4) is 0 Å². The summed E-state index contributed by atoms with van der Waals surface area (Å²) in [6.07, 6.45) is 0.701. The van der Waals surface area contributed by atoms with Gasteiger partial charge in [-0.3, -0.25) is 4.79 Å². The fraction of sp³-hybridized carbons (Fsp3) is 0.200. The summed E-state index contributed by atoms with van der Waals surface area (Å²) in [4.78, 5) is 24.2. The number of hydrogen-bond acceptors (Lipinski definition) is 4.